The fourth-order valence-electron chi connectivity index (χ4n) is 2.78. The molecule has 0 saturated carbocycles. The molecule has 2 aromatic rings. The molecular formula is C21H15AsF3NO5S. The zero-order valence-electron chi connectivity index (χ0n) is 16.4. The number of carbonyl (C=O) groups is 3. The maximum absolute atomic E-state index is 13.6. The summed E-state index contributed by atoms with van der Waals surface area (Å²) in [7, 11) is 1.29. The summed E-state index contributed by atoms with van der Waals surface area (Å²) in [5.41, 5.74) is -0.141. The van der Waals surface area contributed by atoms with Crippen LogP contribution in [0.15, 0.2) is 47.4 Å². The normalized spacial score (nSPS) is 16.1. The van der Waals surface area contributed by atoms with E-state index in [0.717, 1.165) is 17.7 Å². The fourth-order valence-corrected chi connectivity index (χ4v) is 4.13. The molecule has 32 heavy (non-hydrogen) atoms. The number of alkyl halides is 3. The zero-order valence-corrected chi connectivity index (χ0v) is 19.1. The molecular weight excluding hydrogens is 510 g/mol. The van der Waals surface area contributed by atoms with Crippen LogP contribution in [0.2, 0.25) is 4.71 Å². The molecule has 0 aromatic heterocycles. The predicted octanol–water partition coefficient (Wildman–Crippen LogP) is 4.49. The molecule has 1 heterocycles. The Kier molecular flexibility index (Phi) is 7.36. The summed E-state index contributed by atoms with van der Waals surface area (Å²) in [5.74, 6) is -1.27. The van der Waals surface area contributed by atoms with E-state index in [2.05, 4.69) is 21.6 Å². The van der Waals surface area contributed by atoms with Crippen molar-refractivity contribution >= 4 is 51.8 Å². The molecule has 0 aliphatic carbocycles. The summed E-state index contributed by atoms with van der Waals surface area (Å²) >= 11 is 2.83. The van der Waals surface area contributed by atoms with Gasteiger partial charge in [-0.25, -0.2) is 0 Å². The van der Waals surface area contributed by atoms with E-state index in [9.17, 15) is 27.6 Å². The van der Waals surface area contributed by atoms with Crippen molar-refractivity contribution < 1.29 is 37.0 Å². The number of carbonyl (C=O) groups excluding carboxylic acids is 3. The molecule has 2 radical (unpaired) electrons. The van der Waals surface area contributed by atoms with Gasteiger partial charge in [-0.3, -0.25) is 14.9 Å². The van der Waals surface area contributed by atoms with Gasteiger partial charge in [-0.1, -0.05) is 0 Å². The van der Waals surface area contributed by atoms with Gasteiger partial charge in [0.2, 0.25) is 0 Å². The first-order valence-electron chi connectivity index (χ1n) is 9.05. The average molecular weight is 525 g/mol. The first kappa shape index (κ1) is 23.9. The van der Waals surface area contributed by atoms with E-state index in [4.69, 9.17) is 4.74 Å². The Labute approximate surface area is 194 Å². The molecule has 166 valence electrons. The van der Waals surface area contributed by atoms with Crippen molar-refractivity contribution in [3.63, 3.8) is 0 Å². The van der Waals surface area contributed by atoms with Crippen molar-refractivity contribution in [2.24, 2.45) is 0 Å². The third-order valence-electron chi connectivity index (χ3n) is 4.30. The number of esters is 1. The monoisotopic (exact) mass is 525 g/mol. The minimum atomic E-state index is -4.71. The Hall–Kier alpha value is -2.71. The minimum absolute atomic E-state index is 0.00665. The molecule has 1 unspecified atom stereocenters. The van der Waals surface area contributed by atoms with Crippen molar-refractivity contribution in [2.45, 2.75) is 17.3 Å². The van der Waals surface area contributed by atoms with Gasteiger partial charge in [-0.05, 0) is 11.8 Å². The fraction of sp³-hybridized carbons (Fsp3) is 0.190. The van der Waals surface area contributed by atoms with E-state index in [1.165, 1.54) is 31.4 Å². The number of rotatable bonds is 6. The van der Waals surface area contributed by atoms with Gasteiger partial charge in [0.1, 0.15) is 0 Å². The van der Waals surface area contributed by atoms with E-state index < -0.39 is 33.3 Å². The van der Waals surface area contributed by atoms with Gasteiger partial charge in [-0.2, -0.15) is 0 Å². The second-order valence-electron chi connectivity index (χ2n) is 6.59. The van der Waals surface area contributed by atoms with Crippen LogP contribution in [-0.2, 0) is 26.9 Å². The SMILES string of the molecule is COC(=O)C([As])Cc1ccc(Oc2ccc(C=C3SC(=O)NC3=O)cc2C(F)(F)F)cc1. The van der Waals surface area contributed by atoms with Gasteiger partial charge < -0.3 is 0 Å². The van der Waals surface area contributed by atoms with E-state index in [-0.39, 0.29) is 22.2 Å². The Balaban J connectivity index is 1.82. The van der Waals surface area contributed by atoms with Crippen LogP contribution in [0, 0.1) is 0 Å². The summed E-state index contributed by atoms with van der Waals surface area (Å²) < 4.78 is 50.5. The van der Waals surface area contributed by atoms with Crippen molar-refractivity contribution in [2.75, 3.05) is 7.11 Å². The molecule has 2 amide bonds. The van der Waals surface area contributed by atoms with Crippen molar-refractivity contribution in [3.05, 3.63) is 64.1 Å². The van der Waals surface area contributed by atoms with E-state index in [1.807, 2.05) is 5.32 Å². The number of hydrogen-bond acceptors (Lipinski definition) is 6. The molecule has 1 aliphatic heterocycles. The number of ether oxygens (including phenoxy) is 2. The van der Waals surface area contributed by atoms with Crippen LogP contribution in [0.4, 0.5) is 18.0 Å². The third kappa shape index (κ3) is 5.95. The molecule has 1 N–H and O–H groups in total. The molecule has 1 fully saturated rings. The zero-order chi connectivity index (χ0) is 23.5. The van der Waals surface area contributed by atoms with Crippen molar-refractivity contribution in [1.82, 2.24) is 5.32 Å². The second-order valence-corrected chi connectivity index (χ2v) is 8.92. The van der Waals surface area contributed by atoms with Crippen LogP contribution in [0.1, 0.15) is 16.7 Å². The Morgan fingerprint density at radius 3 is 2.44 bits per heavy atom. The van der Waals surface area contributed by atoms with Gasteiger partial charge in [-0.15, -0.1) is 0 Å². The summed E-state index contributed by atoms with van der Waals surface area (Å²) in [4.78, 5) is 34.4. The van der Waals surface area contributed by atoms with E-state index in [1.54, 1.807) is 12.1 Å². The van der Waals surface area contributed by atoms with Crippen LogP contribution in [-0.4, -0.2) is 41.1 Å². The average Bonchev–Trinajstić information content (AvgIpc) is 3.05. The topological polar surface area (TPSA) is 81.7 Å². The summed E-state index contributed by atoms with van der Waals surface area (Å²) in [6.07, 6.45) is -3.11. The third-order valence-corrected chi connectivity index (χ3v) is 5.94. The van der Waals surface area contributed by atoms with Crippen LogP contribution >= 0.6 is 11.8 Å². The second kappa shape index (κ2) is 9.83. The number of imide groups is 1. The van der Waals surface area contributed by atoms with Gasteiger partial charge >= 0.3 is 151 Å². The van der Waals surface area contributed by atoms with Gasteiger partial charge in [0.05, 0.1) is 4.91 Å². The van der Waals surface area contributed by atoms with Crippen LogP contribution in [0.5, 0.6) is 11.5 Å². The molecule has 0 bridgehead atoms. The van der Waals surface area contributed by atoms with Gasteiger partial charge in [0.15, 0.2) is 0 Å². The number of thioether (sulfide) groups is 1. The van der Waals surface area contributed by atoms with Gasteiger partial charge in [0, 0.05) is 0 Å². The quantitative estimate of drug-likeness (QED) is 0.340. The van der Waals surface area contributed by atoms with Crippen LogP contribution in [0.25, 0.3) is 6.08 Å². The number of amides is 2. The molecule has 1 saturated heterocycles. The van der Waals surface area contributed by atoms with Crippen LogP contribution < -0.4 is 10.1 Å². The predicted molar refractivity (Wildman–Crippen MR) is 112 cm³/mol. The van der Waals surface area contributed by atoms with E-state index in [0.29, 0.717) is 18.2 Å². The Morgan fingerprint density at radius 2 is 1.88 bits per heavy atom. The Morgan fingerprint density at radius 1 is 1.19 bits per heavy atom. The van der Waals surface area contributed by atoms with E-state index >= 15 is 0 Å². The first-order chi connectivity index (χ1) is 15.1. The standard InChI is InChI=1S/C21H15AsF3NO5S/c1-30-19(28)15(22)9-11-2-5-13(6-3-11)31-16-7-4-12(8-14(16)21(23,24)25)10-17-18(27)26-20(29)32-17/h2-8,10,15H,9H2,1H3,(H,26,27,29). The number of halogens is 3. The first-order valence-corrected chi connectivity index (χ1v) is 11.0. The molecule has 6 nitrogen and oxygen atoms in total. The van der Waals surface area contributed by atoms with Crippen LogP contribution in [0.3, 0.4) is 0 Å². The molecule has 0 spiro atoms. The molecule has 1 aliphatic rings. The summed E-state index contributed by atoms with van der Waals surface area (Å²) in [5, 5.41) is 1.46. The number of methoxy groups -OCH3 is 1. The van der Waals surface area contributed by atoms with Crippen molar-refractivity contribution in [3.8, 4) is 11.5 Å². The number of hydrogen-bond donors (Lipinski definition) is 1. The van der Waals surface area contributed by atoms with Crippen molar-refractivity contribution in [1.29, 1.82) is 0 Å². The molecule has 2 aromatic carbocycles. The number of nitrogens with one attached hydrogen (secondary N) is 1. The molecule has 3 rings (SSSR count). The molecule has 11 heteroatoms. The maximum atomic E-state index is 13.6. The van der Waals surface area contributed by atoms with Gasteiger partial charge in [0.25, 0.3) is 11.1 Å². The summed E-state index contributed by atoms with van der Waals surface area (Å²) in [6, 6.07) is 9.68. The molecule has 1 atom stereocenters. The summed E-state index contributed by atoms with van der Waals surface area (Å²) in [6.45, 7) is 0. The number of benzene rings is 2. The Bertz CT molecular complexity index is 1090.